The van der Waals surface area contributed by atoms with Gasteiger partial charge in [0, 0.05) is 49.8 Å². The van der Waals surface area contributed by atoms with Crippen molar-refractivity contribution >= 4 is 21.9 Å². The minimum Gasteiger partial charge on any atom is -0.396 e. The van der Waals surface area contributed by atoms with Crippen LogP contribution in [0, 0.1) is 0 Å². The van der Waals surface area contributed by atoms with Crippen LogP contribution in [0.1, 0.15) is 37.8 Å². The molecule has 0 unspecified atom stereocenters. The summed E-state index contributed by atoms with van der Waals surface area (Å²) >= 11 is 0. The summed E-state index contributed by atoms with van der Waals surface area (Å²) in [6.07, 6.45) is 6.04. The zero-order valence-electron chi connectivity index (χ0n) is 15.8. The molecule has 1 N–H and O–H groups in total. The molecule has 6 nitrogen and oxygen atoms in total. The Morgan fingerprint density at radius 3 is 2.74 bits per heavy atom. The summed E-state index contributed by atoms with van der Waals surface area (Å²) in [5.74, 6) is 1.02. The van der Waals surface area contributed by atoms with Crippen molar-refractivity contribution in [2.45, 2.75) is 45.7 Å². The number of aryl methyl sites for hydroxylation is 3. The van der Waals surface area contributed by atoms with Gasteiger partial charge in [0.25, 0.3) is 0 Å². The summed E-state index contributed by atoms with van der Waals surface area (Å²) in [7, 11) is 0. The zero-order valence-corrected chi connectivity index (χ0v) is 15.8. The van der Waals surface area contributed by atoms with Gasteiger partial charge in [0.05, 0.1) is 22.2 Å². The van der Waals surface area contributed by atoms with E-state index in [4.69, 9.17) is 10.1 Å². The fourth-order valence-electron chi connectivity index (χ4n) is 3.65. The minimum atomic E-state index is 0.179. The van der Waals surface area contributed by atoms with Crippen molar-refractivity contribution in [3.63, 3.8) is 0 Å². The topological polar surface area (TPSA) is 68.8 Å². The molecule has 0 aliphatic heterocycles. The second-order valence-electron chi connectivity index (χ2n) is 7.12. The molecule has 0 spiro atoms. The predicted octanol–water partition coefficient (Wildman–Crippen LogP) is 3.53. The van der Waals surface area contributed by atoms with Crippen molar-refractivity contribution in [1.82, 2.24) is 24.3 Å². The van der Waals surface area contributed by atoms with E-state index >= 15 is 0 Å². The molecule has 0 radical (unpaired) electrons. The van der Waals surface area contributed by atoms with Gasteiger partial charge in [0.2, 0.25) is 0 Å². The smallest absolute Gasteiger partial charge is 0.109 e. The molecule has 0 bridgehead atoms. The molecule has 0 amide bonds. The van der Waals surface area contributed by atoms with Crippen LogP contribution in [-0.4, -0.2) is 36.0 Å². The standard InChI is InChI=1S/C21H25N5O/c1-15(2)26-19-9-11-22-14-16(19)17(24-26)10-12-25-20-7-4-3-6-18(20)23-21(25)8-5-13-27/h3-4,6-7,9,11,14-15,27H,5,8,10,12-13H2,1-2H3. The Kier molecular flexibility index (Phi) is 4.90. The van der Waals surface area contributed by atoms with Crippen LogP contribution in [0.2, 0.25) is 0 Å². The molecule has 4 aromatic rings. The van der Waals surface area contributed by atoms with E-state index in [1.54, 1.807) is 0 Å². The summed E-state index contributed by atoms with van der Waals surface area (Å²) < 4.78 is 4.34. The van der Waals surface area contributed by atoms with E-state index in [2.05, 4.69) is 34.1 Å². The Hall–Kier alpha value is -2.73. The van der Waals surface area contributed by atoms with E-state index in [0.29, 0.717) is 6.04 Å². The van der Waals surface area contributed by atoms with Crippen LogP contribution in [0.3, 0.4) is 0 Å². The molecule has 140 valence electrons. The van der Waals surface area contributed by atoms with Crippen molar-refractivity contribution in [1.29, 1.82) is 0 Å². The third-order valence-corrected chi connectivity index (χ3v) is 4.94. The lowest BCUT2D eigenvalue weighted by Crippen LogP contribution is -2.08. The van der Waals surface area contributed by atoms with E-state index in [1.165, 1.54) is 0 Å². The van der Waals surface area contributed by atoms with Crippen LogP contribution in [0.4, 0.5) is 0 Å². The van der Waals surface area contributed by atoms with Gasteiger partial charge in [-0.2, -0.15) is 5.10 Å². The number of aromatic nitrogens is 5. The number of hydrogen-bond donors (Lipinski definition) is 1. The van der Waals surface area contributed by atoms with Gasteiger partial charge in [-0.3, -0.25) is 9.67 Å². The molecule has 3 heterocycles. The first-order chi connectivity index (χ1) is 13.2. The largest absolute Gasteiger partial charge is 0.396 e. The van der Waals surface area contributed by atoms with Crippen LogP contribution in [0.5, 0.6) is 0 Å². The molecule has 0 atom stereocenters. The molecule has 0 fully saturated rings. The van der Waals surface area contributed by atoms with E-state index in [9.17, 15) is 5.11 Å². The lowest BCUT2D eigenvalue weighted by molar-refractivity contribution is 0.287. The maximum Gasteiger partial charge on any atom is 0.109 e. The van der Waals surface area contributed by atoms with Crippen molar-refractivity contribution in [3.8, 4) is 0 Å². The van der Waals surface area contributed by atoms with Gasteiger partial charge in [-0.1, -0.05) is 12.1 Å². The molecule has 27 heavy (non-hydrogen) atoms. The number of hydrogen-bond acceptors (Lipinski definition) is 4. The van der Waals surface area contributed by atoms with Crippen molar-refractivity contribution in [2.24, 2.45) is 0 Å². The van der Waals surface area contributed by atoms with Gasteiger partial charge in [-0.05, 0) is 38.5 Å². The molecule has 3 aromatic heterocycles. The number of rotatable bonds is 7. The number of aliphatic hydroxyl groups excluding tert-OH is 1. The summed E-state index contributed by atoms with van der Waals surface area (Å²) in [5, 5.41) is 15.2. The van der Waals surface area contributed by atoms with Gasteiger partial charge in [0.1, 0.15) is 5.82 Å². The molecular formula is C21H25N5O. The number of aliphatic hydroxyl groups is 1. The van der Waals surface area contributed by atoms with E-state index in [1.807, 2.05) is 36.7 Å². The fraction of sp³-hybridized carbons (Fsp3) is 0.381. The lowest BCUT2D eigenvalue weighted by atomic mass is 10.2. The van der Waals surface area contributed by atoms with Crippen LogP contribution in [-0.2, 0) is 19.4 Å². The quantitative estimate of drug-likeness (QED) is 0.545. The summed E-state index contributed by atoms with van der Waals surface area (Å²) in [4.78, 5) is 9.07. The second kappa shape index (κ2) is 7.48. The van der Waals surface area contributed by atoms with Crippen LogP contribution >= 0.6 is 0 Å². The highest BCUT2D eigenvalue weighted by Gasteiger charge is 2.15. The fourth-order valence-corrected chi connectivity index (χ4v) is 3.65. The molecule has 0 aliphatic carbocycles. The number of fused-ring (bicyclic) bond motifs is 2. The highest BCUT2D eigenvalue weighted by atomic mass is 16.2. The molecule has 4 rings (SSSR count). The summed E-state index contributed by atoms with van der Waals surface area (Å²) in [6, 6.07) is 10.5. The number of pyridine rings is 1. The first-order valence-corrected chi connectivity index (χ1v) is 9.55. The van der Waals surface area contributed by atoms with Gasteiger partial charge in [0.15, 0.2) is 0 Å². The highest BCUT2D eigenvalue weighted by Crippen LogP contribution is 2.23. The first-order valence-electron chi connectivity index (χ1n) is 9.55. The Morgan fingerprint density at radius 2 is 1.93 bits per heavy atom. The predicted molar refractivity (Wildman–Crippen MR) is 107 cm³/mol. The molecule has 1 aromatic carbocycles. The summed E-state index contributed by atoms with van der Waals surface area (Å²) in [5.41, 5.74) is 4.34. The Morgan fingerprint density at radius 1 is 1.07 bits per heavy atom. The van der Waals surface area contributed by atoms with Gasteiger partial charge in [-0.25, -0.2) is 4.98 Å². The average Bonchev–Trinajstić information content (AvgIpc) is 3.23. The zero-order chi connectivity index (χ0) is 18.8. The highest BCUT2D eigenvalue weighted by molar-refractivity contribution is 5.81. The first kappa shape index (κ1) is 17.7. The van der Waals surface area contributed by atoms with E-state index < -0.39 is 0 Å². The number of para-hydroxylation sites is 2. The molecule has 0 saturated carbocycles. The number of imidazole rings is 1. The third kappa shape index (κ3) is 3.32. The average molecular weight is 363 g/mol. The number of nitrogens with zero attached hydrogens (tertiary/aromatic N) is 5. The number of benzene rings is 1. The third-order valence-electron chi connectivity index (χ3n) is 4.94. The minimum absolute atomic E-state index is 0.179. The van der Waals surface area contributed by atoms with E-state index in [-0.39, 0.29) is 6.61 Å². The SMILES string of the molecule is CC(C)n1nc(CCn2c(CCCO)nc3ccccc32)c2cnccc21. The molecular weight excluding hydrogens is 338 g/mol. The molecule has 0 aliphatic rings. The maximum absolute atomic E-state index is 9.22. The van der Waals surface area contributed by atoms with Crippen molar-refractivity contribution in [2.75, 3.05) is 6.61 Å². The molecule has 6 heteroatoms. The maximum atomic E-state index is 9.22. The normalized spacial score (nSPS) is 11.9. The Balaban J connectivity index is 1.69. The lowest BCUT2D eigenvalue weighted by Gasteiger charge is -2.08. The second-order valence-corrected chi connectivity index (χ2v) is 7.12. The Bertz CT molecular complexity index is 1060. The Labute approximate surface area is 158 Å². The monoisotopic (exact) mass is 363 g/mol. The van der Waals surface area contributed by atoms with Crippen LogP contribution < -0.4 is 0 Å². The van der Waals surface area contributed by atoms with Crippen molar-refractivity contribution < 1.29 is 5.11 Å². The van der Waals surface area contributed by atoms with Gasteiger partial charge in [-0.15, -0.1) is 0 Å². The van der Waals surface area contributed by atoms with E-state index in [0.717, 1.165) is 59.3 Å². The van der Waals surface area contributed by atoms with Crippen LogP contribution in [0.25, 0.3) is 21.9 Å². The van der Waals surface area contributed by atoms with Crippen molar-refractivity contribution in [3.05, 3.63) is 54.2 Å². The van der Waals surface area contributed by atoms with Gasteiger partial charge < -0.3 is 9.67 Å². The summed E-state index contributed by atoms with van der Waals surface area (Å²) in [6.45, 7) is 5.28. The van der Waals surface area contributed by atoms with Gasteiger partial charge >= 0.3 is 0 Å². The van der Waals surface area contributed by atoms with Crippen LogP contribution in [0.15, 0.2) is 42.7 Å². The molecule has 0 saturated heterocycles.